The molecule has 0 aliphatic carbocycles. The van der Waals surface area contributed by atoms with Crippen LogP contribution in [0.2, 0.25) is 0 Å². The third-order valence-corrected chi connectivity index (χ3v) is 1.80. The van der Waals surface area contributed by atoms with E-state index in [9.17, 15) is 0 Å². The number of allylic oxidation sites excluding steroid dienone is 5. The minimum Gasteiger partial charge on any atom is -0.349 e. The summed E-state index contributed by atoms with van der Waals surface area (Å²) in [6, 6.07) is 3.55. The van der Waals surface area contributed by atoms with Gasteiger partial charge in [0, 0.05) is 34.4 Å². The Morgan fingerprint density at radius 3 is 1.94 bits per heavy atom. The Kier molecular flexibility index (Phi) is 7.39. The summed E-state index contributed by atoms with van der Waals surface area (Å²) in [7, 11) is 7.66. The first-order valence-corrected chi connectivity index (χ1v) is 5.29. The highest BCUT2D eigenvalue weighted by atomic mass is 15.3. The molecule has 0 amide bonds. The minimum absolute atomic E-state index is 0.0745. The van der Waals surface area contributed by atoms with E-state index in [2.05, 4.69) is 4.99 Å². The second-order valence-electron chi connectivity index (χ2n) is 3.75. The van der Waals surface area contributed by atoms with Crippen LogP contribution in [-0.4, -0.2) is 44.0 Å². The third kappa shape index (κ3) is 6.14. The monoisotopic (exact) mass is 243 g/mol. The second-order valence-corrected chi connectivity index (χ2v) is 3.75. The maximum absolute atomic E-state index is 8.50. The molecule has 0 aromatic carbocycles. The van der Waals surface area contributed by atoms with Crippen molar-refractivity contribution in [1.82, 2.24) is 9.80 Å². The van der Waals surface area contributed by atoms with Crippen LogP contribution in [-0.2, 0) is 0 Å². The zero-order valence-electron chi connectivity index (χ0n) is 11.1. The summed E-state index contributed by atoms with van der Waals surface area (Å²) in [4.78, 5) is 8.07. The van der Waals surface area contributed by atoms with Gasteiger partial charge in [-0.1, -0.05) is 12.2 Å². The van der Waals surface area contributed by atoms with Crippen LogP contribution >= 0.6 is 0 Å². The summed E-state index contributed by atoms with van der Waals surface area (Å²) in [5.41, 5.74) is 0.0745. The van der Waals surface area contributed by atoms with Crippen molar-refractivity contribution in [2.24, 2.45) is 4.99 Å². The standard InChI is InChI=1S/C13H17N5/c1-17(2)13(18(3)4)16-9-7-5-6-8-12(10-14)11-15/h5-9H,1-4H3/b6-5+,9-7+. The van der Waals surface area contributed by atoms with Gasteiger partial charge in [0.25, 0.3) is 0 Å². The largest absolute Gasteiger partial charge is 0.349 e. The van der Waals surface area contributed by atoms with Gasteiger partial charge >= 0.3 is 0 Å². The fraction of sp³-hybridized carbons (Fsp3) is 0.308. The lowest BCUT2D eigenvalue weighted by Gasteiger charge is -2.21. The smallest absolute Gasteiger partial charge is 0.200 e. The Morgan fingerprint density at radius 1 is 0.944 bits per heavy atom. The molecule has 0 N–H and O–H groups in total. The van der Waals surface area contributed by atoms with E-state index in [1.165, 1.54) is 6.08 Å². The topological polar surface area (TPSA) is 66.4 Å². The summed E-state index contributed by atoms with van der Waals surface area (Å²) in [6.45, 7) is 0. The number of hydrogen-bond donors (Lipinski definition) is 0. The molecular weight excluding hydrogens is 226 g/mol. The number of aliphatic imine (C=N–C) groups is 1. The fourth-order valence-corrected chi connectivity index (χ4v) is 1.11. The van der Waals surface area contributed by atoms with Gasteiger partial charge < -0.3 is 9.80 Å². The van der Waals surface area contributed by atoms with Crippen molar-refractivity contribution in [1.29, 1.82) is 10.5 Å². The lowest BCUT2D eigenvalue weighted by molar-refractivity contribution is 0.484. The SMILES string of the molecule is CN(C)C(=N/C=C/C=C/C=C(C#N)C#N)N(C)C. The van der Waals surface area contributed by atoms with Crippen molar-refractivity contribution < 1.29 is 0 Å². The van der Waals surface area contributed by atoms with E-state index < -0.39 is 0 Å². The Bertz CT molecular complexity index is 427. The number of nitriles is 2. The third-order valence-electron chi connectivity index (χ3n) is 1.80. The van der Waals surface area contributed by atoms with E-state index in [-0.39, 0.29) is 5.57 Å². The van der Waals surface area contributed by atoms with Gasteiger partial charge in [-0.15, -0.1) is 0 Å². The molecule has 0 aromatic rings. The molecule has 94 valence electrons. The molecule has 0 saturated heterocycles. The Morgan fingerprint density at radius 2 is 1.50 bits per heavy atom. The van der Waals surface area contributed by atoms with Crippen LogP contribution in [0.1, 0.15) is 0 Å². The zero-order chi connectivity index (χ0) is 14.0. The van der Waals surface area contributed by atoms with Crippen LogP contribution in [0.3, 0.4) is 0 Å². The van der Waals surface area contributed by atoms with Gasteiger partial charge in [0.15, 0.2) is 5.96 Å². The van der Waals surface area contributed by atoms with Gasteiger partial charge in [0.05, 0.1) is 0 Å². The first kappa shape index (κ1) is 15.5. The Balaban J connectivity index is 4.57. The van der Waals surface area contributed by atoms with E-state index in [0.29, 0.717) is 0 Å². The molecule has 0 unspecified atom stereocenters. The highest BCUT2D eigenvalue weighted by Crippen LogP contribution is 1.92. The van der Waals surface area contributed by atoms with Crippen molar-refractivity contribution in [3.05, 3.63) is 36.1 Å². The molecule has 18 heavy (non-hydrogen) atoms. The van der Waals surface area contributed by atoms with Crippen LogP contribution in [0.25, 0.3) is 0 Å². The van der Waals surface area contributed by atoms with Gasteiger partial charge in [-0.2, -0.15) is 10.5 Å². The van der Waals surface area contributed by atoms with Crippen molar-refractivity contribution in [2.75, 3.05) is 28.2 Å². The molecule has 0 aliphatic rings. The van der Waals surface area contributed by atoms with Crippen LogP contribution in [0, 0.1) is 22.7 Å². The van der Waals surface area contributed by atoms with Crippen molar-refractivity contribution in [3.8, 4) is 12.1 Å². The second kappa shape index (κ2) is 8.60. The molecule has 5 nitrogen and oxygen atoms in total. The highest BCUT2D eigenvalue weighted by Gasteiger charge is 2.01. The zero-order valence-corrected chi connectivity index (χ0v) is 11.1. The normalized spacial score (nSPS) is 9.67. The summed E-state index contributed by atoms with van der Waals surface area (Å²) < 4.78 is 0. The predicted molar refractivity (Wildman–Crippen MR) is 72.4 cm³/mol. The average molecular weight is 243 g/mol. The molecule has 0 rings (SSSR count). The minimum atomic E-state index is 0.0745. The fourth-order valence-electron chi connectivity index (χ4n) is 1.11. The Hall–Kier alpha value is -2.53. The molecule has 0 fully saturated rings. The van der Waals surface area contributed by atoms with Gasteiger partial charge in [-0.05, 0) is 12.2 Å². The number of guanidine groups is 1. The molecule has 0 heterocycles. The van der Waals surface area contributed by atoms with E-state index in [4.69, 9.17) is 10.5 Å². The predicted octanol–water partition coefficient (Wildman–Crippen LogP) is 1.51. The molecule has 0 radical (unpaired) electrons. The van der Waals surface area contributed by atoms with Crippen LogP contribution < -0.4 is 0 Å². The lowest BCUT2D eigenvalue weighted by atomic mass is 10.3. The highest BCUT2D eigenvalue weighted by molar-refractivity contribution is 5.79. The first-order chi connectivity index (χ1) is 8.52. The first-order valence-electron chi connectivity index (χ1n) is 5.29. The summed E-state index contributed by atoms with van der Waals surface area (Å²) in [5.74, 6) is 0.824. The van der Waals surface area contributed by atoms with E-state index in [0.717, 1.165) is 5.96 Å². The van der Waals surface area contributed by atoms with Crippen LogP contribution in [0.5, 0.6) is 0 Å². The lowest BCUT2D eigenvalue weighted by Crippen LogP contribution is -2.34. The quantitative estimate of drug-likeness (QED) is 0.326. The summed E-state index contributed by atoms with van der Waals surface area (Å²) in [5, 5.41) is 17.0. The molecule has 0 spiro atoms. The number of rotatable bonds is 3. The molecular formula is C13H17N5. The molecule has 0 aliphatic heterocycles. The van der Waals surface area contributed by atoms with Gasteiger partial charge in [-0.25, -0.2) is 4.99 Å². The maximum Gasteiger partial charge on any atom is 0.200 e. The van der Waals surface area contributed by atoms with Crippen LogP contribution in [0.15, 0.2) is 41.1 Å². The maximum atomic E-state index is 8.50. The van der Waals surface area contributed by atoms with Crippen molar-refractivity contribution in [3.63, 3.8) is 0 Å². The van der Waals surface area contributed by atoms with E-state index >= 15 is 0 Å². The molecule has 0 aromatic heterocycles. The number of nitrogens with zero attached hydrogens (tertiary/aromatic N) is 5. The Labute approximate surface area is 108 Å². The van der Waals surface area contributed by atoms with E-state index in [1.54, 1.807) is 36.6 Å². The summed E-state index contributed by atoms with van der Waals surface area (Å²) in [6.07, 6.45) is 8.17. The van der Waals surface area contributed by atoms with Gasteiger partial charge in [0.1, 0.15) is 17.7 Å². The molecule has 0 atom stereocenters. The van der Waals surface area contributed by atoms with Gasteiger partial charge in [0.2, 0.25) is 0 Å². The van der Waals surface area contributed by atoms with Crippen molar-refractivity contribution in [2.45, 2.75) is 0 Å². The molecule has 0 bridgehead atoms. The van der Waals surface area contributed by atoms with Crippen molar-refractivity contribution >= 4 is 5.96 Å². The molecule has 5 heteroatoms. The van der Waals surface area contributed by atoms with Crippen LogP contribution in [0.4, 0.5) is 0 Å². The molecule has 0 saturated carbocycles. The average Bonchev–Trinajstić information content (AvgIpc) is 2.32. The number of hydrogen-bond acceptors (Lipinski definition) is 3. The summed E-state index contributed by atoms with van der Waals surface area (Å²) >= 11 is 0. The van der Waals surface area contributed by atoms with E-state index in [1.807, 2.05) is 38.0 Å². The van der Waals surface area contributed by atoms with Gasteiger partial charge in [-0.3, -0.25) is 0 Å².